The van der Waals surface area contributed by atoms with Crippen molar-refractivity contribution in [1.82, 2.24) is 9.25 Å². The Labute approximate surface area is 263 Å². The van der Waals surface area contributed by atoms with E-state index in [0.29, 0.717) is 0 Å². The van der Waals surface area contributed by atoms with E-state index in [1.54, 1.807) is 0 Å². The molecule has 46 heavy (non-hydrogen) atoms. The molecule has 1 spiro atoms. The van der Waals surface area contributed by atoms with E-state index < -0.39 is 5.66 Å². The third-order valence-corrected chi connectivity index (χ3v) is 10.5. The summed E-state index contributed by atoms with van der Waals surface area (Å²) in [5.41, 5.74) is 7.57. The predicted octanol–water partition coefficient (Wildman–Crippen LogP) is 8.15. The predicted molar refractivity (Wildman–Crippen MR) is 179 cm³/mol. The standard InChI is InChI=1S/C41H24N4O/c1-2-10-26-22-32-27(21-25(26)9-1)11-7-13-29(32)28-23-43-34-15-8-16-35-38(34)41(44(43)24-28)39-36(46-35)19-18-31-30-12-3-4-14-33(30)45(40(31)39)37-17-5-6-20-42(37)41/h1-24H/q+2. The normalized spacial score (nSPS) is 16.5. The summed E-state index contributed by atoms with van der Waals surface area (Å²) in [7, 11) is 0. The lowest BCUT2D eigenvalue weighted by Crippen LogP contribution is -2.76. The number of pyridine rings is 1. The summed E-state index contributed by atoms with van der Waals surface area (Å²) < 4.78 is 16.5. The lowest BCUT2D eigenvalue weighted by atomic mass is 9.84. The van der Waals surface area contributed by atoms with Crippen molar-refractivity contribution in [3.63, 3.8) is 0 Å². The van der Waals surface area contributed by atoms with Gasteiger partial charge in [-0.3, -0.25) is 0 Å². The Morgan fingerprint density at radius 2 is 1.41 bits per heavy atom. The third-order valence-electron chi connectivity index (χ3n) is 10.5. The largest absolute Gasteiger partial charge is 0.456 e. The van der Waals surface area contributed by atoms with Crippen LogP contribution >= 0.6 is 0 Å². The number of nitrogens with zero attached hydrogens (tertiary/aromatic N) is 4. The first kappa shape index (κ1) is 23.2. The molecule has 5 nitrogen and oxygen atoms in total. The molecular formula is C41H24N4O+2. The van der Waals surface area contributed by atoms with E-state index in [0.717, 1.165) is 23.0 Å². The van der Waals surface area contributed by atoms with Gasteiger partial charge in [0.05, 0.1) is 18.0 Å². The van der Waals surface area contributed by atoms with Crippen molar-refractivity contribution >= 4 is 43.4 Å². The molecule has 3 aliphatic rings. The van der Waals surface area contributed by atoms with Crippen molar-refractivity contribution in [3.05, 3.63) is 157 Å². The van der Waals surface area contributed by atoms with Crippen molar-refractivity contribution < 1.29 is 14.0 Å². The van der Waals surface area contributed by atoms with E-state index in [2.05, 4.69) is 164 Å². The minimum Gasteiger partial charge on any atom is -0.456 e. The molecule has 0 N–H and O–H groups in total. The average molecular weight is 589 g/mol. The summed E-state index contributed by atoms with van der Waals surface area (Å²) in [4.78, 5) is 0. The Balaban J connectivity index is 1.25. The Morgan fingerprint density at radius 3 is 2.37 bits per heavy atom. The van der Waals surface area contributed by atoms with Gasteiger partial charge in [-0.05, 0) is 81.7 Å². The van der Waals surface area contributed by atoms with Crippen LogP contribution in [-0.4, -0.2) is 9.25 Å². The SMILES string of the molecule is c1cc2c3c(c1)-n1cc(-c4cccc5cc6ccccc6cc45)c[n+]1C31c3c(ccc4c5ccccc5n(c34)-c3cccc[n+]31)O2. The van der Waals surface area contributed by atoms with E-state index in [1.807, 2.05) is 0 Å². The molecule has 1 unspecified atom stereocenters. The van der Waals surface area contributed by atoms with Gasteiger partial charge in [-0.2, -0.15) is 9.13 Å². The second-order valence-electron chi connectivity index (χ2n) is 12.7. The molecule has 1 atom stereocenters. The lowest BCUT2D eigenvalue weighted by Gasteiger charge is -2.32. The number of aromatic nitrogens is 4. The monoisotopic (exact) mass is 588 g/mol. The summed E-state index contributed by atoms with van der Waals surface area (Å²) in [6.07, 6.45) is 6.89. The smallest absolute Gasteiger partial charge is 0.397 e. The van der Waals surface area contributed by atoms with Gasteiger partial charge in [0.25, 0.3) is 5.82 Å². The van der Waals surface area contributed by atoms with Crippen molar-refractivity contribution in [2.24, 2.45) is 0 Å². The van der Waals surface area contributed by atoms with Gasteiger partial charge in [-0.15, -0.1) is 4.68 Å². The van der Waals surface area contributed by atoms with Gasteiger partial charge in [0.1, 0.15) is 28.3 Å². The molecule has 0 fully saturated rings. The highest BCUT2D eigenvalue weighted by molar-refractivity contribution is 6.11. The molecule has 212 valence electrons. The third kappa shape index (κ3) is 2.48. The highest BCUT2D eigenvalue weighted by atomic mass is 16.5. The van der Waals surface area contributed by atoms with Crippen molar-refractivity contribution in [2.75, 3.05) is 0 Å². The Bertz CT molecular complexity index is 2860. The van der Waals surface area contributed by atoms with Crippen LogP contribution in [0, 0.1) is 0 Å². The minimum absolute atomic E-state index is 0.685. The molecule has 0 saturated heterocycles. The number of para-hydroxylation sites is 1. The zero-order valence-corrected chi connectivity index (χ0v) is 24.6. The fourth-order valence-electron chi connectivity index (χ4n) is 8.77. The van der Waals surface area contributed by atoms with E-state index >= 15 is 0 Å². The average Bonchev–Trinajstić information content (AvgIpc) is 3.77. The van der Waals surface area contributed by atoms with Crippen molar-refractivity contribution in [1.29, 1.82) is 0 Å². The Kier molecular flexibility index (Phi) is 3.89. The molecule has 3 aliphatic heterocycles. The van der Waals surface area contributed by atoms with Crippen LogP contribution in [0.3, 0.4) is 0 Å². The van der Waals surface area contributed by atoms with Crippen LogP contribution < -0.4 is 14.0 Å². The van der Waals surface area contributed by atoms with E-state index in [9.17, 15) is 0 Å². The summed E-state index contributed by atoms with van der Waals surface area (Å²) in [6.45, 7) is 0. The molecule has 0 radical (unpaired) electrons. The summed E-state index contributed by atoms with van der Waals surface area (Å²) in [5, 5.41) is 7.49. The van der Waals surface area contributed by atoms with Crippen LogP contribution in [0.5, 0.6) is 11.5 Å². The number of benzene rings is 6. The Hall–Kier alpha value is -6.20. The molecule has 12 rings (SSSR count). The Morgan fingerprint density at radius 1 is 0.609 bits per heavy atom. The molecule has 6 heterocycles. The highest BCUT2D eigenvalue weighted by Crippen LogP contribution is 2.55. The molecule has 0 saturated carbocycles. The number of ether oxygens (including phenoxy) is 1. The van der Waals surface area contributed by atoms with Crippen LogP contribution in [0.2, 0.25) is 0 Å². The van der Waals surface area contributed by atoms with Gasteiger partial charge in [-0.25, -0.2) is 0 Å². The van der Waals surface area contributed by atoms with E-state index in [4.69, 9.17) is 4.74 Å². The molecule has 0 aliphatic carbocycles. The van der Waals surface area contributed by atoms with E-state index in [1.165, 1.54) is 65.6 Å². The van der Waals surface area contributed by atoms with Crippen molar-refractivity contribution in [2.45, 2.75) is 5.66 Å². The quantitative estimate of drug-likeness (QED) is 0.140. The summed E-state index contributed by atoms with van der Waals surface area (Å²) in [6, 6.07) is 46.1. The van der Waals surface area contributed by atoms with Crippen LogP contribution in [0.25, 0.3) is 66.0 Å². The molecule has 3 aromatic heterocycles. The highest BCUT2D eigenvalue weighted by Gasteiger charge is 2.68. The van der Waals surface area contributed by atoms with Crippen LogP contribution in [0.4, 0.5) is 0 Å². The molecule has 0 amide bonds. The molecule has 9 aromatic rings. The summed E-state index contributed by atoms with van der Waals surface area (Å²) >= 11 is 0. The van der Waals surface area contributed by atoms with Gasteiger partial charge in [0.15, 0.2) is 11.1 Å². The van der Waals surface area contributed by atoms with Gasteiger partial charge >= 0.3 is 5.66 Å². The maximum atomic E-state index is 6.80. The fraction of sp³-hybridized carbons (Fsp3) is 0.0244. The van der Waals surface area contributed by atoms with Gasteiger partial charge < -0.3 is 4.74 Å². The first-order chi connectivity index (χ1) is 22.8. The van der Waals surface area contributed by atoms with Crippen molar-refractivity contribution in [3.8, 4) is 34.1 Å². The fourth-order valence-corrected chi connectivity index (χ4v) is 8.77. The molecule has 0 bridgehead atoms. The van der Waals surface area contributed by atoms with Gasteiger partial charge in [0, 0.05) is 16.8 Å². The lowest BCUT2D eigenvalue weighted by molar-refractivity contribution is -0.993. The zero-order chi connectivity index (χ0) is 29.7. The van der Waals surface area contributed by atoms with Crippen LogP contribution in [-0.2, 0) is 5.66 Å². The molecule has 6 aromatic carbocycles. The number of fused-ring (bicyclic) bond motifs is 9. The minimum atomic E-state index is -0.685. The maximum absolute atomic E-state index is 6.80. The summed E-state index contributed by atoms with van der Waals surface area (Å²) in [5.74, 6) is 2.91. The van der Waals surface area contributed by atoms with Gasteiger partial charge in [0.2, 0.25) is 6.20 Å². The second kappa shape index (κ2) is 7.71. The molecule has 5 heteroatoms. The van der Waals surface area contributed by atoms with Gasteiger partial charge in [-0.1, -0.05) is 71.4 Å². The first-order valence-electron chi connectivity index (χ1n) is 15.8. The maximum Gasteiger partial charge on any atom is 0.397 e. The van der Waals surface area contributed by atoms with Crippen LogP contribution in [0.1, 0.15) is 11.1 Å². The topological polar surface area (TPSA) is 26.8 Å². The van der Waals surface area contributed by atoms with E-state index in [-0.39, 0.29) is 0 Å². The number of hydrogen-bond acceptors (Lipinski definition) is 1. The number of rotatable bonds is 1. The molecular weight excluding hydrogens is 564 g/mol. The number of hydrogen-bond donors (Lipinski definition) is 0. The van der Waals surface area contributed by atoms with Crippen LogP contribution in [0.15, 0.2) is 146 Å². The second-order valence-corrected chi connectivity index (χ2v) is 12.7. The first-order valence-corrected chi connectivity index (χ1v) is 15.8. The zero-order valence-electron chi connectivity index (χ0n) is 24.6.